The van der Waals surface area contributed by atoms with Crippen LogP contribution in [-0.2, 0) is 6.54 Å². The molecule has 0 saturated heterocycles. The highest BCUT2D eigenvalue weighted by Crippen LogP contribution is 1.99. The number of aromatic nitrogens is 2. The second-order valence-corrected chi connectivity index (χ2v) is 3.88. The summed E-state index contributed by atoms with van der Waals surface area (Å²) in [5, 5.41) is 7.10. The van der Waals surface area contributed by atoms with Crippen LogP contribution < -0.4 is 5.32 Å². The van der Waals surface area contributed by atoms with Gasteiger partial charge in [0.25, 0.3) is 5.91 Å². The first-order valence-corrected chi connectivity index (χ1v) is 5.58. The van der Waals surface area contributed by atoms with Gasteiger partial charge in [0.05, 0.1) is 6.04 Å². The lowest BCUT2D eigenvalue weighted by atomic mass is 10.2. The fourth-order valence-corrected chi connectivity index (χ4v) is 1.55. The van der Waals surface area contributed by atoms with Crippen molar-refractivity contribution in [3.8, 4) is 0 Å². The lowest BCUT2D eigenvalue weighted by Gasteiger charge is -2.12. The molecule has 1 aromatic heterocycles. The summed E-state index contributed by atoms with van der Waals surface area (Å²) in [5.74, 6) is -0.0501. The smallest absolute Gasteiger partial charge is 0.263 e. The maximum absolute atomic E-state index is 11.9. The first kappa shape index (κ1) is 11.5. The third-order valence-corrected chi connectivity index (χ3v) is 2.56. The van der Waals surface area contributed by atoms with Crippen molar-refractivity contribution in [3.05, 3.63) is 54.4 Å². The topological polar surface area (TPSA) is 46.9 Å². The maximum atomic E-state index is 11.9. The number of nitrogens with one attached hydrogen (secondary N) is 1. The highest BCUT2D eigenvalue weighted by Gasteiger charge is 2.13. The standard InChI is InChI=1S/C13H15N3O/c1-11(13(17)16-9-5-8-15-16)14-10-12-6-3-2-4-7-12/h2-9,11,14H,10H2,1H3. The van der Waals surface area contributed by atoms with Gasteiger partial charge >= 0.3 is 0 Å². The van der Waals surface area contributed by atoms with E-state index in [4.69, 9.17) is 0 Å². The van der Waals surface area contributed by atoms with Crippen LogP contribution in [0.2, 0.25) is 0 Å². The van der Waals surface area contributed by atoms with Gasteiger partial charge < -0.3 is 5.32 Å². The number of carbonyl (C=O) groups excluding carboxylic acids is 1. The number of hydrogen-bond acceptors (Lipinski definition) is 3. The summed E-state index contributed by atoms with van der Waals surface area (Å²) >= 11 is 0. The van der Waals surface area contributed by atoms with Crippen molar-refractivity contribution in [1.82, 2.24) is 15.1 Å². The quantitative estimate of drug-likeness (QED) is 0.868. The molecule has 0 aliphatic carbocycles. The molecule has 0 fully saturated rings. The SMILES string of the molecule is CC(NCc1ccccc1)C(=O)n1cccn1. The van der Waals surface area contributed by atoms with E-state index in [1.807, 2.05) is 37.3 Å². The fraction of sp³-hybridized carbons (Fsp3) is 0.231. The number of carbonyl (C=O) groups is 1. The first-order chi connectivity index (χ1) is 8.27. The van der Waals surface area contributed by atoms with Crippen molar-refractivity contribution in [2.75, 3.05) is 0 Å². The molecule has 0 radical (unpaired) electrons. The molecule has 0 saturated carbocycles. The second kappa shape index (κ2) is 5.41. The van der Waals surface area contributed by atoms with Gasteiger partial charge in [-0.15, -0.1) is 0 Å². The number of benzene rings is 1. The van der Waals surface area contributed by atoms with Gasteiger partial charge in [0.1, 0.15) is 0 Å². The van der Waals surface area contributed by atoms with Gasteiger partial charge in [0, 0.05) is 18.9 Å². The Kier molecular flexibility index (Phi) is 3.67. The third kappa shape index (κ3) is 3.01. The third-order valence-electron chi connectivity index (χ3n) is 2.56. The van der Waals surface area contributed by atoms with Crippen LogP contribution >= 0.6 is 0 Å². The lowest BCUT2D eigenvalue weighted by Crippen LogP contribution is -2.37. The van der Waals surface area contributed by atoms with Crippen LogP contribution in [0.4, 0.5) is 0 Å². The van der Waals surface area contributed by atoms with Crippen molar-refractivity contribution in [2.24, 2.45) is 0 Å². The Bertz CT molecular complexity index is 465. The highest BCUT2D eigenvalue weighted by molar-refractivity contribution is 5.82. The summed E-state index contributed by atoms with van der Waals surface area (Å²) < 4.78 is 1.35. The van der Waals surface area contributed by atoms with Crippen LogP contribution in [0.25, 0.3) is 0 Å². The van der Waals surface area contributed by atoms with Crippen molar-refractivity contribution in [3.63, 3.8) is 0 Å². The molecule has 0 aliphatic heterocycles. The summed E-state index contributed by atoms with van der Waals surface area (Å²) in [6.45, 7) is 2.52. The normalized spacial score (nSPS) is 12.3. The Hall–Kier alpha value is -1.94. The Labute approximate surface area is 100 Å². The number of nitrogens with zero attached hydrogens (tertiary/aromatic N) is 2. The first-order valence-electron chi connectivity index (χ1n) is 5.58. The zero-order valence-electron chi connectivity index (χ0n) is 9.71. The number of rotatable bonds is 4. The molecule has 0 bridgehead atoms. The van der Waals surface area contributed by atoms with E-state index in [-0.39, 0.29) is 11.9 Å². The van der Waals surface area contributed by atoms with E-state index in [1.165, 1.54) is 4.68 Å². The molecule has 1 N–H and O–H groups in total. The van der Waals surface area contributed by atoms with Gasteiger partial charge in [-0.05, 0) is 18.6 Å². The molecule has 1 atom stereocenters. The highest BCUT2D eigenvalue weighted by atomic mass is 16.2. The minimum Gasteiger partial charge on any atom is -0.302 e. The van der Waals surface area contributed by atoms with Crippen molar-refractivity contribution in [2.45, 2.75) is 19.5 Å². The van der Waals surface area contributed by atoms with Gasteiger partial charge in [-0.2, -0.15) is 5.10 Å². The maximum Gasteiger partial charge on any atom is 0.263 e. The van der Waals surface area contributed by atoms with Crippen molar-refractivity contribution in [1.29, 1.82) is 0 Å². The average molecular weight is 229 g/mol. The van der Waals surface area contributed by atoms with Crippen molar-refractivity contribution < 1.29 is 4.79 Å². The summed E-state index contributed by atoms with van der Waals surface area (Å²) in [7, 11) is 0. The molecule has 4 heteroatoms. The molecule has 4 nitrogen and oxygen atoms in total. The molecular formula is C13H15N3O. The van der Waals surface area contributed by atoms with Gasteiger partial charge in [-0.1, -0.05) is 30.3 Å². The zero-order chi connectivity index (χ0) is 12.1. The van der Waals surface area contributed by atoms with Crippen LogP contribution in [-0.4, -0.2) is 21.7 Å². The van der Waals surface area contributed by atoms with Gasteiger partial charge in [-0.3, -0.25) is 4.79 Å². The average Bonchev–Trinajstić information content (AvgIpc) is 2.90. The fourth-order valence-electron chi connectivity index (χ4n) is 1.55. The number of hydrogen-bond donors (Lipinski definition) is 1. The Balaban J connectivity index is 1.90. The van der Waals surface area contributed by atoms with E-state index < -0.39 is 0 Å². The van der Waals surface area contributed by atoms with E-state index in [0.29, 0.717) is 6.54 Å². The van der Waals surface area contributed by atoms with Gasteiger partial charge in [-0.25, -0.2) is 4.68 Å². The molecule has 17 heavy (non-hydrogen) atoms. The molecule has 1 aromatic carbocycles. The molecule has 0 spiro atoms. The van der Waals surface area contributed by atoms with E-state index in [1.54, 1.807) is 18.5 Å². The van der Waals surface area contributed by atoms with E-state index in [9.17, 15) is 4.79 Å². The predicted octanol–water partition coefficient (Wildman–Crippen LogP) is 1.70. The van der Waals surface area contributed by atoms with Gasteiger partial charge in [0.15, 0.2) is 0 Å². The molecule has 0 amide bonds. The van der Waals surface area contributed by atoms with E-state index >= 15 is 0 Å². The van der Waals surface area contributed by atoms with Crippen LogP contribution in [0.15, 0.2) is 48.8 Å². The summed E-state index contributed by atoms with van der Waals surface area (Å²) in [4.78, 5) is 11.9. The van der Waals surface area contributed by atoms with Crippen LogP contribution in [0.5, 0.6) is 0 Å². The van der Waals surface area contributed by atoms with Crippen LogP contribution in [0.1, 0.15) is 17.3 Å². The van der Waals surface area contributed by atoms with Gasteiger partial charge in [0.2, 0.25) is 0 Å². The summed E-state index contributed by atoms with van der Waals surface area (Å²) in [5.41, 5.74) is 1.16. The summed E-state index contributed by atoms with van der Waals surface area (Å²) in [6.07, 6.45) is 3.25. The van der Waals surface area contributed by atoms with Crippen molar-refractivity contribution >= 4 is 5.91 Å². The summed E-state index contributed by atoms with van der Waals surface area (Å²) in [6, 6.07) is 11.5. The van der Waals surface area contributed by atoms with Crippen LogP contribution in [0.3, 0.4) is 0 Å². The largest absolute Gasteiger partial charge is 0.302 e. The lowest BCUT2D eigenvalue weighted by molar-refractivity contribution is 0.0851. The molecule has 1 heterocycles. The zero-order valence-corrected chi connectivity index (χ0v) is 9.71. The molecule has 0 aliphatic rings. The second-order valence-electron chi connectivity index (χ2n) is 3.88. The molecular weight excluding hydrogens is 214 g/mol. The van der Waals surface area contributed by atoms with E-state index in [2.05, 4.69) is 10.4 Å². The predicted molar refractivity (Wildman–Crippen MR) is 65.6 cm³/mol. The monoisotopic (exact) mass is 229 g/mol. The Morgan fingerprint density at radius 2 is 2.12 bits per heavy atom. The molecule has 1 unspecified atom stereocenters. The molecule has 2 rings (SSSR count). The Morgan fingerprint density at radius 1 is 1.35 bits per heavy atom. The van der Waals surface area contributed by atoms with E-state index in [0.717, 1.165) is 5.56 Å². The van der Waals surface area contributed by atoms with Crippen LogP contribution in [0, 0.1) is 0 Å². The Morgan fingerprint density at radius 3 is 2.76 bits per heavy atom. The minimum absolute atomic E-state index is 0.0501. The minimum atomic E-state index is -0.255. The molecule has 2 aromatic rings. The molecule has 88 valence electrons.